The van der Waals surface area contributed by atoms with Crippen LogP contribution in [-0.2, 0) is 30.3 Å². The molecule has 10 aromatic rings. The largest absolute Gasteiger partial charge is 0.493 e. The maximum atomic E-state index is 6.20. The first-order valence-electron chi connectivity index (χ1n) is 26.5. The zero-order valence-corrected chi connectivity index (χ0v) is 56.5. The predicted molar refractivity (Wildman–Crippen MR) is 364 cm³/mol. The van der Waals surface area contributed by atoms with Crippen molar-refractivity contribution in [3.63, 3.8) is 0 Å². The van der Waals surface area contributed by atoms with Gasteiger partial charge in [0.05, 0.1) is 13.2 Å². The maximum absolute atomic E-state index is 6.20. The third-order valence-corrected chi connectivity index (χ3v) is 25.1. The van der Waals surface area contributed by atoms with E-state index in [4.69, 9.17) is 48.2 Å². The second-order valence-corrected chi connectivity index (χ2v) is 34.4. The van der Waals surface area contributed by atoms with Crippen LogP contribution in [0.25, 0.3) is 0 Å². The van der Waals surface area contributed by atoms with Crippen LogP contribution in [0.5, 0.6) is 11.5 Å². The van der Waals surface area contributed by atoms with E-state index in [-0.39, 0.29) is 46.1 Å². The molecule has 0 aliphatic heterocycles. The molecule has 0 heterocycles. The molecule has 0 radical (unpaired) electrons. The van der Waals surface area contributed by atoms with Crippen molar-refractivity contribution in [2.45, 2.75) is 9.79 Å². The average Bonchev–Trinajstić information content (AvgIpc) is 3.55. The number of thioether (sulfide) groups is 2. The van der Waals surface area contributed by atoms with Crippen molar-refractivity contribution < 1.29 is 39.8 Å². The second-order valence-electron chi connectivity index (χ2n) is 17.7. The summed E-state index contributed by atoms with van der Waals surface area (Å²) in [5, 5.41) is 11.4. The van der Waals surface area contributed by atoms with Gasteiger partial charge in [-0.1, -0.05) is 243 Å². The zero-order valence-electron chi connectivity index (χ0n) is 45.0. The first-order chi connectivity index (χ1) is 40.6. The third-order valence-electron chi connectivity index (χ3n) is 12.5. The Balaban J connectivity index is 0.000000216. The molecule has 0 aliphatic rings. The fraction of sp³-hybridized carbons (Fsp3) is 0.118. The molecule has 426 valence electrons. The van der Waals surface area contributed by atoms with E-state index in [0.29, 0.717) is 13.2 Å². The van der Waals surface area contributed by atoms with Gasteiger partial charge in [0.15, 0.2) is 0 Å². The van der Waals surface area contributed by atoms with Gasteiger partial charge < -0.3 is 9.47 Å². The molecule has 10 rings (SSSR count). The molecule has 0 bridgehead atoms. The minimum Gasteiger partial charge on any atom is -0.493 e. The number of rotatable bonds is 24. The molecular weight excluding hydrogens is 1380 g/mol. The number of hydrogen-bond acceptors (Lipinski definition) is 4. The molecule has 0 atom stereocenters. The normalized spacial score (nSPS) is 10.8. The summed E-state index contributed by atoms with van der Waals surface area (Å²) in [5.74, 6) is 4.07. The Bertz CT molecular complexity index is 2610. The summed E-state index contributed by atoms with van der Waals surface area (Å²) in [6.07, 6.45) is 4.33. The van der Waals surface area contributed by atoms with Crippen LogP contribution in [0.4, 0.5) is 0 Å². The Kier molecular flexibility index (Phi) is 32.3. The van der Waals surface area contributed by atoms with Crippen LogP contribution in [-0.4, -0.2) is 49.4 Å². The van der Waals surface area contributed by atoms with Crippen molar-refractivity contribution in [3.05, 3.63) is 291 Å². The summed E-state index contributed by atoms with van der Waals surface area (Å²) in [7, 11) is 17.8. The molecule has 0 N–H and O–H groups in total. The van der Waals surface area contributed by atoms with Crippen LogP contribution in [0.2, 0.25) is 0 Å². The van der Waals surface area contributed by atoms with E-state index in [9.17, 15) is 0 Å². The van der Waals surface area contributed by atoms with Crippen molar-refractivity contribution in [2.24, 2.45) is 0 Å². The van der Waals surface area contributed by atoms with Gasteiger partial charge in [-0.15, -0.1) is 23.5 Å². The molecule has 0 saturated carbocycles. The number of benzene rings is 10. The summed E-state index contributed by atoms with van der Waals surface area (Å²) < 4.78 is 12.4. The van der Waals surface area contributed by atoms with Crippen LogP contribution in [0.3, 0.4) is 0 Å². The van der Waals surface area contributed by atoms with Gasteiger partial charge in [-0.2, -0.15) is 0 Å². The van der Waals surface area contributed by atoms with Gasteiger partial charge in [0.2, 0.25) is 0 Å². The molecule has 14 heteroatoms. The van der Waals surface area contributed by atoms with Crippen molar-refractivity contribution in [3.8, 4) is 11.5 Å². The Hall–Kier alpha value is -3.37. The van der Waals surface area contributed by atoms with Crippen LogP contribution in [0, 0.1) is 0 Å². The van der Waals surface area contributed by atoms with E-state index in [2.05, 4.69) is 291 Å². The molecule has 0 fully saturated rings. The fourth-order valence-electron chi connectivity index (χ4n) is 8.78. The average molecular weight is 1450 g/mol. The molecule has 0 saturated heterocycles. The summed E-state index contributed by atoms with van der Waals surface area (Å²) in [6, 6.07) is 104. The summed E-state index contributed by atoms with van der Waals surface area (Å²) in [5.41, 5.74) is 0. The van der Waals surface area contributed by atoms with Crippen LogP contribution >= 0.6 is 94.0 Å². The van der Waals surface area contributed by atoms with Gasteiger partial charge in [0, 0.05) is 33.6 Å². The molecule has 0 aliphatic carbocycles. The first-order valence-corrected chi connectivity index (χ1v) is 43.0. The van der Waals surface area contributed by atoms with Crippen LogP contribution in [0.15, 0.2) is 301 Å². The van der Waals surface area contributed by atoms with E-state index in [1.807, 2.05) is 23.5 Å². The minimum absolute atomic E-state index is 0.226. The van der Waals surface area contributed by atoms with Crippen molar-refractivity contribution in [1.82, 2.24) is 0 Å². The Labute approximate surface area is 532 Å². The topological polar surface area (TPSA) is 18.5 Å². The molecule has 0 aromatic heterocycles. The summed E-state index contributed by atoms with van der Waals surface area (Å²) >= 11 is 3.42. The molecule has 82 heavy (non-hydrogen) atoms. The van der Waals surface area contributed by atoms with Gasteiger partial charge in [-0.3, -0.25) is 0 Å². The number of ether oxygens (including phenoxy) is 2. The van der Waals surface area contributed by atoms with Gasteiger partial charge >= 0.3 is 69.1 Å². The maximum Gasteiger partial charge on any atom is 0.119 e. The smallest absolute Gasteiger partial charge is 0.119 e. The van der Waals surface area contributed by atoms with Crippen molar-refractivity contribution in [2.75, 3.05) is 49.4 Å². The molecule has 10 aromatic carbocycles. The molecular formula is C68H64Cl4O2P4Rh2S2. The predicted octanol–water partition coefficient (Wildman–Crippen LogP) is 17.6. The van der Waals surface area contributed by atoms with Crippen LogP contribution in [0.1, 0.15) is 0 Å². The molecule has 0 unspecified atom stereocenters. The molecule has 0 spiro atoms. The van der Waals surface area contributed by atoms with Gasteiger partial charge in [-0.05, 0) is 135 Å². The zero-order chi connectivity index (χ0) is 57.1. The Morgan fingerprint density at radius 2 is 0.439 bits per heavy atom. The SMILES string of the molecule is [Cl][Rh][Cl].[Cl][Rh][Cl].c1ccc(P(CCOc2ccc(SCCP(c3ccccc3)c3ccccc3)cc2)c2ccccc2)cc1.c1ccc(P(CCOc2ccc(SCCP(c3ccccc3)c3ccccc3)cc2)c2ccccc2)cc1. The summed E-state index contributed by atoms with van der Waals surface area (Å²) in [6.45, 7) is 1.42. The monoisotopic (exact) mass is 1450 g/mol. The minimum atomic E-state index is -0.434. The third kappa shape index (κ3) is 23.5. The number of halogens is 4. The summed E-state index contributed by atoms with van der Waals surface area (Å²) in [4.78, 5) is 2.59. The second kappa shape index (κ2) is 40.1. The fourth-order valence-corrected chi connectivity index (χ4v) is 20.2. The molecule has 0 amide bonds. The van der Waals surface area contributed by atoms with E-state index >= 15 is 0 Å². The Morgan fingerprint density at radius 1 is 0.256 bits per heavy atom. The molecule has 2 nitrogen and oxygen atoms in total. The van der Waals surface area contributed by atoms with E-state index in [1.165, 1.54) is 52.2 Å². The standard InChI is InChI=1S/2C34H32OP2S.4ClH.2Rh/c2*1-5-13-30(14-6-1)36(31-15-7-2-8-16-31)26-25-35-29-21-23-34(24-22-29)38-28-27-37(32-17-9-3-10-18-32)33-19-11-4-12-20-33;;;;;;/h2*1-24H,25-28H2;4*1H;;/q;;;;;;2*+2/p-4. The van der Waals surface area contributed by atoms with Crippen LogP contribution < -0.4 is 51.9 Å². The van der Waals surface area contributed by atoms with Gasteiger partial charge in [0.1, 0.15) is 11.5 Å². The Morgan fingerprint density at radius 3 is 0.634 bits per heavy atom. The van der Waals surface area contributed by atoms with Gasteiger partial charge in [0.25, 0.3) is 0 Å². The quantitative estimate of drug-likeness (QED) is 0.0341. The van der Waals surface area contributed by atoms with Crippen molar-refractivity contribution in [1.29, 1.82) is 0 Å². The van der Waals surface area contributed by atoms with E-state index < -0.39 is 15.8 Å². The first kappa shape index (κ1) is 66.2. The number of hydrogen-bond donors (Lipinski definition) is 0. The van der Waals surface area contributed by atoms with E-state index in [1.54, 1.807) is 0 Å². The van der Waals surface area contributed by atoms with E-state index in [0.717, 1.165) is 47.7 Å². The van der Waals surface area contributed by atoms with Gasteiger partial charge in [-0.25, -0.2) is 0 Å². The van der Waals surface area contributed by atoms with Crippen molar-refractivity contribution >= 4 is 136 Å².